The Bertz CT molecular complexity index is 709. The molecule has 0 aliphatic carbocycles. The Morgan fingerprint density at radius 1 is 1.19 bits per heavy atom. The van der Waals surface area contributed by atoms with E-state index in [1.54, 1.807) is 6.20 Å². The molecule has 0 radical (unpaired) electrons. The number of likely N-dealkylation sites (N-methyl/N-ethyl adjacent to an activating group) is 1. The maximum absolute atomic E-state index is 13.4. The summed E-state index contributed by atoms with van der Waals surface area (Å²) in [5, 5.41) is 0.682. The van der Waals surface area contributed by atoms with Crippen LogP contribution in [0.4, 0.5) is 0 Å². The fourth-order valence-corrected chi connectivity index (χ4v) is 3.15. The molecule has 1 unspecified atom stereocenters. The molecule has 5 nitrogen and oxygen atoms in total. The quantitative estimate of drug-likeness (QED) is 0.764. The lowest BCUT2D eigenvalue weighted by atomic mass is 9.87. The minimum absolute atomic E-state index is 0.136. The van der Waals surface area contributed by atoms with E-state index in [0.717, 1.165) is 23.6 Å². The number of amides is 1. The highest BCUT2D eigenvalue weighted by molar-refractivity contribution is 6.30. The van der Waals surface area contributed by atoms with Crippen LogP contribution in [0.3, 0.4) is 0 Å². The molecule has 2 aromatic rings. The van der Waals surface area contributed by atoms with Crippen molar-refractivity contribution in [2.24, 2.45) is 5.92 Å². The first-order chi connectivity index (χ1) is 12.3. The number of halogens is 1. The molecule has 1 aromatic carbocycles. The molecule has 142 valence electrons. The molecule has 1 atom stereocenters. The fourth-order valence-electron chi connectivity index (χ4n) is 3.02. The molecule has 26 heavy (non-hydrogen) atoms. The van der Waals surface area contributed by atoms with Gasteiger partial charge in [0.15, 0.2) is 0 Å². The summed E-state index contributed by atoms with van der Waals surface area (Å²) in [6.45, 7) is 8.10. The van der Waals surface area contributed by atoms with Crippen molar-refractivity contribution in [3.63, 3.8) is 0 Å². The lowest BCUT2D eigenvalue weighted by Crippen LogP contribution is -2.40. The third-order valence-corrected chi connectivity index (χ3v) is 4.66. The van der Waals surface area contributed by atoms with Crippen LogP contribution >= 0.6 is 11.6 Å². The summed E-state index contributed by atoms with van der Waals surface area (Å²) in [4.78, 5) is 24.9. The summed E-state index contributed by atoms with van der Waals surface area (Å²) in [5.41, 5.74) is 1.96. The third-order valence-electron chi connectivity index (χ3n) is 4.41. The van der Waals surface area contributed by atoms with Gasteiger partial charge in [0.2, 0.25) is 5.91 Å². The third kappa shape index (κ3) is 5.58. The minimum Gasteiger partial charge on any atom is -0.345 e. The van der Waals surface area contributed by atoms with Gasteiger partial charge >= 0.3 is 0 Å². The molecule has 0 aliphatic heterocycles. The van der Waals surface area contributed by atoms with E-state index >= 15 is 0 Å². The van der Waals surface area contributed by atoms with Crippen LogP contribution in [-0.2, 0) is 11.3 Å². The van der Waals surface area contributed by atoms with Crippen molar-refractivity contribution in [3.05, 3.63) is 52.6 Å². The number of aryl methyl sites for hydroxylation is 1. The van der Waals surface area contributed by atoms with Crippen LogP contribution in [0.15, 0.2) is 30.5 Å². The van der Waals surface area contributed by atoms with Gasteiger partial charge in [-0.1, -0.05) is 37.6 Å². The standard InChI is InChI=1S/C20H29ClN4O/c1-14(2)19(16-6-8-17(21)9-7-16)20(26)25(11-10-24(4)5)13-18-12-22-15(3)23-18/h6-9,12,14,19H,10-11,13H2,1-5H3,(H,22,23). The Kier molecular flexibility index (Phi) is 7.23. The summed E-state index contributed by atoms with van der Waals surface area (Å²) in [6, 6.07) is 7.61. The summed E-state index contributed by atoms with van der Waals surface area (Å²) >= 11 is 6.02. The first-order valence-corrected chi connectivity index (χ1v) is 9.35. The van der Waals surface area contributed by atoms with E-state index < -0.39 is 0 Å². The SMILES string of the molecule is Cc1ncc(CN(CCN(C)C)C(=O)C(c2ccc(Cl)cc2)C(C)C)[nH]1. The van der Waals surface area contributed by atoms with Gasteiger partial charge in [-0.15, -0.1) is 0 Å². The molecule has 1 N–H and O–H groups in total. The van der Waals surface area contributed by atoms with Crippen molar-refractivity contribution in [2.45, 2.75) is 33.2 Å². The monoisotopic (exact) mass is 376 g/mol. The number of aromatic amines is 1. The number of H-pyrrole nitrogens is 1. The highest BCUT2D eigenvalue weighted by Gasteiger charge is 2.29. The van der Waals surface area contributed by atoms with Crippen molar-refractivity contribution in [2.75, 3.05) is 27.2 Å². The molecule has 2 rings (SSSR count). The number of hydrogen-bond acceptors (Lipinski definition) is 3. The van der Waals surface area contributed by atoms with Crippen LogP contribution in [0.5, 0.6) is 0 Å². The highest BCUT2D eigenvalue weighted by atomic mass is 35.5. The van der Waals surface area contributed by atoms with Crippen LogP contribution in [-0.4, -0.2) is 52.9 Å². The van der Waals surface area contributed by atoms with Gasteiger partial charge in [0.25, 0.3) is 0 Å². The van der Waals surface area contributed by atoms with E-state index in [-0.39, 0.29) is 17.7 Å². The van der Waals surface area contributed by atoms with Crippen LogP contribution in [0.2, 0.25) is 5.02 Å². The van der Waals surface area contributed by atoms with E-state index in [1.165, 1.54) is 0 Å². The number of rotatable bonds is 8. The number of aromatic nitrogens is 2. The van der Waals surface area contributed by atoms with E-state index in [4.69, 9.17) is 11.6 Å². The maximum Gasteiger partial charge on any atom is 0.230 e. The van der Waals surface area contributed by atoms with Crippen LogP contribution in [0.25, 0.3) is 0 Å². The summed E-state index contributed by atoms with van der Waals surface area (Å²) in [5.74, 6) is 0.988. The Labute approximate surface area is 161 Å². The van der Waals surface area contributed by atoms with Crippen molar-refractivity contribution in [3.8, 4) is 0 Å². The lowest BCUT2D eigenvalue weighted by Gasteiger charge is -2.30. The average Bonchev–Trinajstić information content (AvgIpc) is 2.98. The molecule has 0 saturated carbocycles. The molecule has 0 aliphatic rings. The van der Waals surface area contributed by atoms with Crippen molar-refractivity contribution in [1.29, 1.82) is 0 Å². The highest BCUT2D eigenvalue weighted by Crippen LogP contribution is 2.28. The van der Waals surface area contributed by atoms with Crippen molar-refractivity contribution < 1.29 is 4.79 Å². The number of carbonyl (C=O) groups is 1. The van der Waals surface area contributed by atoms with Gasteiger partial charge in [0.05, 0.1) is 24.4 Å². The maximum atomic E-state index is 13.4. The fraction of sp³-hybridized carbons (Fsp3) is 0.500. The zero-order valence-electron chi connectivity index (χ0n) is 16.3. The van der Waals surface area contributed by atoms with Gasteiger partial charge in [-0.05, 0) is 44.6 Å². The van der Waals surface area contributed by atoms with E-state index in [9.17, 15) is 4.79 Å². The molecule has 1 heterocycles. The van der Waals surface area contributed by atoms with E-state index in [2.05, 4.69) is 28.7 Å². The zero-order chi connectivity index (χ0) is 19.3. The van der Waals surface area contributed by atoms with Crippen LogP contribution in [0, 0.1) is 12.8 Å². The van der Waals surface area contributed by atoms with Gasteiger partial charge in [0.1, 0.15) is 5.82 Å². The Balaban J connectivity index is 2.26. The number of hydrogen-bond donors (Lipinski definition) is 1. The van der Waals surface area contributed by atoms with Gasteiger partial charge in [-0.25, -0.2) is 4.98 Å². The predicted molar refractivity (Wildman–Crippen MR) is 106 cm³/mol. The lowest BCUT2D eigenvalue weighted by molar-refractivity contribution is -0.134. The second-order valence-corrected chi connectivity index (χ2v) is 7.77. The van der Waals surface area contributed by atoms with Gasteiger partial charge in [-0.3, -0.25) is 4.79 Å². The minimum atomic E-state index is -0.196. The summed E-state index contributed by atoms with van der Waals surface area (Å²) in [6.07, 6.45) is 1.80. The van der Waals surface area contributed by atoms with Crippen molar-refractivity contribution in [1.82, 2.24) is 19.8 Å². The summed E-state index contributed by atoms with van der Waals surface area (Å²) < 4.78 is 0. The number of nitrogens with zero attached hydrogens (tertiary/aromatic N) is 3. The first-order valence-electron chi connectivity index (χ1n) is 8.97. The molecular weight excluding hydrogens is 348 g/mol. The first kappa shape index (κ1) is 20.5. The Morgan fingerprint density at radius 3 is 2.35 bits per heavy atom. The van der Waals surface area contributed by atoms with E-state index in [0.29, 0.717) is 18.1 Å². The molecule has 6 heteroatoms. The topological polar surface area (TPSA) is 52.2 Å². The molecule has 0 saturated heterocycles. The number of nitrogens with one attached hydrogen (secondary N) is 1. The second kappa shape index (κ2) is 9.19. The molecule has 0 fully saturated rings. The molecule has 1 amide bonds. The van der Waals surface area contributed by atoms with Gasteiger partial charge in [0, 0.05) is 18.1 Å². The Hall–Kier alpha value is -1.85. The number of benzene rings is 1. The number of carbonyl (C=O) groups excluding carboxylic acids is 1. The second-order valence-electron chi connectivity index (χ2n) is 7.33. The smallest absolute Gasteiger partial charge is 0.230 e. The molecule has 0 spiro atoms. The van der Waals surface area contributed by atoms with E-state index in [1.807, 2.05) is 50.2 Å². The Morgan fingerprint density at radius 2 is 1.85 bits per heavy atom. The van der Waals surface area contributed by atoms with Crippen LogP contribution < -0.4 is 0 Å². The van der Waals surface area contributed by atoms with Gasteiger partial charge < -0.3 is 14.8 Å². The normalized spacial score (nSPS) is 12.6. The zero-order valence-corrected chi connectivity index (χ0v) is 17.0. The van der Waals surface area contributed by atoms with Crippen molar-refractivity contribution >= 4 is 17.5 Å². The molecule has 0 bridgehead atoms. The largest absolute Gasteiger partial charge is 0.345 e. The average molecular weight is 377 g/mol. The molecule has 1 aromatic heterocycles. The van der Waals surface area contributed by atoms with Crippen LogP contribution in [0.1, 0.15) is 36.8 Å². The summed E-state index contributed by atoms with van der Waals surface area (Å²) in [7, 11) is 4.03. The molecular formula is C20H29ClN4O. The van der Waals surface area contributed by atoms with Gasteiger partial charge in [-0.2, -0.15) is 0 Å². The predicted octanol–water partition coefficient (Wildman–Crippen LogP) is 3.70. The number of imidazole rings is 1.